The quantitative estimate of drug-likeness (QED) is 0.716. The summed E-state index contributed by atoms with van der Waals surface area (Å²) in [5, 5.41) is 5.82. The molecule has 1 aromatic carbocycles. The van der Waals surface area contributed by atoms with Crippen LogP contribution < -0.4 is 0 Å². The number of benzene rings is 1. The van der Waals surface area contributed by atoms with Crippen LogP contribution in [-0.4, -0.2) is 46.4 Å². The van der Waals surface area contributed by atoms with E-state index in [1.54, 1.807) is 6.08 Å². The number of hydrogen-bond acceptors (Lipinski definition) is 3. The molecule has 2 aromatic rings. The van der Waals surface area contributed by atoms with Gasteiger partial charge in [-0.2, -0.15) is 5.10 Å². The van der Waals surface area contributed by atoms with Gasteiger partial charge in [-0.15, -0.1) is 0 Å². The Labute approximate surface area is 169 Å². The topological polar surface area (TPSA) is 47.4 Å². The van der Waals surface area contributed by atoms with Crippen LogP contribution in [0.25, 0.3) is 6.08 Å². The lowest BCUT2D eigenvalue weighted by atomic mass is 10.1. The van der Waals surface area contributed by atoms with Crippen LogP contribution >= 0.6 is 23.2 Å². The van der Waals surface area contributed by atoms with Gasteiger partial charge in [0.05, 0.1) is 24.9 Å². The fraction of sp³-hybridized carbons (Fsp3) is 0.400. The Morgan fingerprint density at radius 3 is 2.70 bits per heavy atom. The number of amides is 1. The third-order valence-corrected chi connectivity index (χ3v) is 5.46. The Morgan fingerprint density at radius 2 is 2.04 bits per heavy atom. The van der Waals surface area contributed by atoms with Crippen molar-refractivity contribution in [2.24, 2.45) is 0 Å². The summed E-state index contributed by atoms with van der Waals surface area (Å²) in [6.07, 6.45) is 3.52. The number of hydrogen-bond donors (Lipinski definition) is 0. The minimum atomic E-state index is -0.00847. The summed E-state index contributed by atoms with van der Waals surface area (Å²) in [6.45, 7) is 8.18. The van der Waals surface area contributed by atoms with Crippen molar-refractivity contribution in [2.45, 2.75) is 33.4 Å². The molecule has 0 saturated carbocycles. The lowest BCUT2D eigenvalue weighted by Crippen LogP contribution is -2.43. The number of carbonyl (C=O) groups is 1. The summed E-state index contributed by atoms with van der Waals surface area (Å²) in [4.78, 5) is 14.3. The average Bonchev–Trinajstić information content (AvgIpc) is 2.89. The second-order valence-corrected chi connectivity index (χ2v) is 7.56. The van der Waals surface area contributed by atoms with Crippen molar-refractivity contribution in [1.29, 1.82) is 0 Å². The van der Waals surface area contributed by atoms with Crippen molar-refractivity contribution < 1.29 is 9.53 Å². The van der Waals surface area contributed by atoms with Gasteiger partial charge in [-0.05, 0) is 39.0 Å². The van der Waals surface area contributed by atoms with E-state index >= 15 is 0 Å². The van der Waals surface area contributed by atoms with Gasteiger partial charge in [0.15, 0.2) is 0 Å². The summed E-state index contributed by atoms with van der Waals surface area (Å²) in [5.74, 6) is -0.00847. The molecule has 27 heavy (non-hydrogen) atoms. The van der Waals surface area contributed by atoms with E-state index in [4.69, 9.17) is 27.9 Å². The van der Waals surface area contributed by atoms with Crippen LogP contribution in [0.15, 0.2) is 24.3 Å². The standard InChI is InChI=1S/C20H23Cl2N3O2/c1-13-11-24(9-10-27-13)20(26)8-7-16-14(2)23-25(15(16)3)12-17-18(21)5-4-6-19(17)22/h4-8,13H,9-12H2,1-3H3. The maximum Gasteiger partial charge on any atom is 0.246 e. The van der Waals surface area contributed by atoms with Crippen molar-refractivity contribution >= 4 is 35.2 Å². The first-order chi connectivity index (χ1) is 12.9. The molecule has 2 heterocycles. The van der Waals surface area contributed by atoms with Crippen LogP contribution in [0.4, 0.5) is 0 Å². The van der Waals surface area contributed by atoms with Crippen molar-refractivity contribution in [3.63, 3.8) is 0 Å². The Bertz CT molecular complexity index is 856. The largest absolute Gasteiger partial charge is 0.375 e. The van der Waals surface area contributed by atoms with Crippen LogP contribution in [0, 0.1) is 13.8 Å². The van der Waals surface area contributed by atoms with E-state index in [2.05, 4.69) is 5.10 Å². The number of ether oxygens (including phenoxy) is 1. The van der Waals surface area contributed by atoms with Crippen LogP contribution in [0.2, 0.25) is 10.0 Å². The Balaban J connectivity index is 1.78. The molecule has 5 nitrogen and oxygen atoms in total. The smallest absolute Gasteiger partial charge is 0.246 e. The van der Waals surface area contributed by atoms with Gasteiger partial charge in [-0.1, -0.05) is 29.3 Å². The van der Waals surface area contributed by atoms with Crippen molar-refractivity contribution in [3.05, 3.63) is 56.8 Å². The fourth-order valence-electron chi connectivity index (χ4n) is 3.22. The maximum absolute atomic E-state index is 12.4. The zero-order chi connectivity index (χ0) is 19.6. The summed E-state index contributed by atoms with van der Waals surface area (Å²) in [6, 6.07) is 5.45. The third-order valence-electron chi connectivity index (χ3n) is 4.75. The predicted molar refractivity (Wildman–Crippen MR) is 108 cm³/mol. The zero-order valence-corrected chi connectivity index (χ0v) is 17.2. The molecule has 0 N–H and O–H groups in total. The fourth-order valence-corrected chi connectivity index (χ4v) is 3.73. The molecule has 1 aromatic heterocycles. The highest BCUT2D eigenvalue weighted by molar-refractivity contribution is 6.35. The third kappa shape index (κ3) is 4.54. The number of aryl methyl sites for hydroxylation is 1. The van der Waals surface area contributed by atoms with Gasteiger partial charge in [0.1, 0.15) is 0 Å². The normalized spacial score (nSPS) is 17.7. The van der Waals surface area contributed by atoms with Gasteiger partial charge in [0.2, 0.25) is 5.91 Å². The minimum Gasteiger partial charge on any atom is -0.375 e. The molecular weight excluding hydrogens is 385 g/mol. The van der Waals surface area contributed by atoms with Gasteiger partial charge in [0, 0.05) is 46.0 Å². The molecule has 1 saturated heterocycles. The number of rotatable bonds is 4. The van der Waals surface area contributed by atoms with Gasteiger partial charge in [-0.3, -0.25) is 9.48 Å². The summed E-state index contributed by atoms with van der Waals surface area (Å²) in [5.41, 5.74) is 3.59. The highest BCUT2D eigenvalue weighted by atomic mass is 35.5. The van der Waals surface area contributed by atoms with Crippen LogP contribution in [0.5, 0.6) is 0 Å². The van der Waals surface area contributed by atoms with E-state index < -0.39 is 0 Å². The molecule has 3 rings (SSSR count). The van der Waals surface area contributed by atoms with Gasteiger partial charge in [-0.25, -0.2) is 0 Å². The summed E-state index contributed by atoms with van der Waals surface area (Å²) < 4.78 is 7.35. The highest BCUT2D eigenvalue weighted by Gasteiger charge is 2.20. The average molecular weight is 408 g/mol. The van der Waals surface area contributed by atoms with Gasteiger partial charge in [0.25, 0.3) is 0 Å². The summed E-state index contributed by atoms with van der Waals surface area (Å²) >= 11 is 12.6. The zero-order valence-electron chi connectivity index (χ0n) is 15.7. The van der Waals surface area contributed by atoms with E-state index in [-0.39, 0.29) is 12.0 Å². The Kier molecular flexibility index (Phi) is 6.25. The highest BCUT2D eigenvalue weighted by Crippen LogP contribution is 2.26. The van der Waals surface area contributed by atoms with E-state index in [0.29, 0.717) is 36.3 Å². The number of carbonyl (C=O) groups excluding carboxylic acids is 1. The van der Waals surface area contributed by atoms with Crippen molar-refractivity contribution in [1.82, 2.24) is 14.7 Å². The Hall–Kier alpha value is -1.82. The van der Waals surface area contributed by atoms with Crippen molar-refractivity contribution in [3.8, 4) is 0 Å². The van der Waals surface area contributed by atoms with Crippen LogP contribution in [-0.2, 0) is 16.1 Å². The molecule has 1 aliphatic rings. The number of halogens is 2. The molecule has 1 amide bonds. The van der Waals surface area contributed by atoms with Crippen LogP contribution in [0.3, 0.4) is 0 Å². The van der Waals surface area contributed by atoms with Gasteiger partial charge < -0.3 is 9.64 Å². The van der Waals surface area contributed by atoms with Crippen LogP contribution in [0.1, 0.15) is 29.4 Å². The number of nitrogens with zero attached hydrogens (tertiary/aromatic N) is 3. The van der Waals surface area contributed by atoms with E-state index in [9.17, 15) is 4.79 Å². The first-order valence-corrected chi connectivity index (χ1v) is 9.68. The second-order valence-electron chi connectivity index (χ2n) is 6.74. The summed E-state index contributed by atoms with van der Waals surface area (Å²) in [7, 11) is 0. The SMILES string of the molecule is Cc1nn(Cc2c(Cl)cccc2Cl)c(C)c1C=CC(=O)N1CCOC(C)C1. The molecule has 1 aliphatic heterocycles. The molecule has 0 aliphatic carbocycles. The molecule has 1 fully saturated rings. The van der Waals surface area contributed by atoms with E-state index in [0.717, 1.165) is 22.5 Å². The number of morpholine rings is 1. The molecular formula is C20H23Cl2N3O2. The number of aromatic nitrogens is 2. The lowest BCUT2D eigenvalue weighted by Gasteiger charge is -2.30. The molecule has 0 spiro atoms. The van der Waals surface area contributed by atoms with E-state index in [1.807, 2.05) is 54.6 Å². The second kappa shape index (κ2) is 8.46. The minimum absolute atomic E-state index is 0.00847. The van der Waals surface area contributed by atoms with Gasteiger partial charge >= 0.3 is 0 Å². The monoisotopic (exact) mass is 407 g/mol. The molecule has 1 unspecified atom stereocenters. The maximum atomic E-state index is 12.4. The van der Waals surface area contributed by atoms with Crippen molar-refractivity contribution in [2.75, 3.05) is 19.7 Å². The molecule has 7 heteroatoms. The molecule has 0 radical (unpaired) electrons. The molecule has 144 valence electrons. The molecule has 1 atom stereocenters. The first kappa shape index (κ1) is 19.9. The van der Waals surface area contributed by atoms with E-state index in [1.165, 1.54) is 0 Å². The first-order valence-electron chi connectivity index (χ1n) is 8.92. The Morgan fingerprint density at radius 1 is 1.33 bits per heavy atom. The molecule has 0 bridgehead atoms. The lowest BCUT2D eigenvalue weighted by molar-refractivity contribution is -0.132. The predicted octanol–water partition coefficient (Wildman–Crippen LogP) is 4.12.